The van der Waals surface area contributed by atoms with Crippen LogP contribution in [0.5, 0.6) is 0 Å². The maximum Gasteiger partial charge on any atom is 0.321 e. The highest BCUT2D eigenvalue weighted by Gasteiger charge is 2.20. The Labute approximate surface area is 120 Å². The molecule has 2 amide bonds. The van der Waals surface area contributed by atoms with E-state index in [4.69, 9.17) is 0 Å². The van der Waals surface area contributed by atoms with Crippen molar-refractivity contribution in [2.24, 2.45) is 0 Å². The summed E-state index contributed by atoms with van der Waals surface area (Å²) in [6.07, 6.45) is 0. The number of aryl methyl sites for hydroxylation is 1. The average Bonchev–Trinajstić information content (AvgIpc) is 2.95. The van der Waals surface area contributed by atoms with E-state index >= 15 is 0 Å². The standard InChI is InChI=1S/C11H16N6O2S/c1-6-7(16-19-15-6)5-12-9(18)14-10-13-8(17-20-10)11(2,3)4/h5H2,1-4H3,(H2,12,13,14,17,18). The van der Waals surface area contributed by atoms with Crippen LogP contribution in [0.25, 0.3) is 0 Å². The number of hydrogen-bond acceptors (Lipinski definition) is 7. The summed E-state index contributed by atoms with van der Waals surface area (Å²) in [5, 5.41) is 13.0. The molecule has 2 N–H and O–H groups in total. The summed E-state index contributed by atoms with van der Waals surface area (Å²) in [6, 6.07) is -0.371. The van der Waals surface area contributed by atoms with Crippen LogP contribution in [0.15, 0.2) is 4.63 Å². The van der Waals surface area contributed by atoms with Crippen molar-refractivity contribution >= 4 is 22.7 Å². The molecule has 0 aliphatic heterocycles. The van der Waals surface area contributed by atoms with Gasteiger partial charge in [-0.05, 0) is 6.92 Å². The Morgan fingerprint density at radius 1 is 1.35 bits per heavy atom. The average molecular weight is 296 g/mol. The maximum atomic E-state index is 11.7. The van der Waals surface area contributed by atoms with Gasteiger partial charge in [0, 0.05) is 16.9 Å². The Hall–Kier alpha value is -2.03. The van der Waals surface area contributed by atoms with Crippen LogP contribution in [0.1, 0.15) is 38.0 Å². The van der Waals surface area contributed by atoms with Crippen molar-refractivity contribution in [1.29, 1.82) is 0 Å². The van der Waals surface area contributed by atoms with Crippen molar-refractivity contribution in [1.82, 2.24) is 25.0 Å². The van der Waals surface area contributed by atoms with Crippen LogP contribution in [0, 0.1) is 6.92 Å². The van der Waals surface area contributed by atoms with Crippen molar-refractivity contribution in [2.75, 3.05) is 5.32 Å². The first-order valence-corrected chi connectivity index (χ1v) is 6.80. The van der Waals surface area contributed by atoms with Crippen LogP contribution in [0.4, 0.5) is 9.93 Å². The molecule has 0 saturated carbocycles. The zero-order valence-electron chi connectivity index (χ0n) is 11.7. The number of hydrogen-bond donors (Lipinski definition) is 2. The topological polar surface area (TPSA) is 106 Å². The minimum Gasteiger partial charge on any atom is -0.332 e. The monoisotopic (exact) mass is 296 g/mol. The highest BCUT2D eigenvalue weighted by atomic mass is 32.1. The van der Waals surface area contributed by atoms with Gasteiger partial charge in [0.2, 0.25) is 5.13 Å². The molecule has 0 saturated heterocycles. The molecule has 0 aliphatic rings. The lowest BCUT2D eigenvalue weighted by Crippen LogP contribution is -2.28. The fraction of sp³-hybridized carbons (Fsp3) is 0.545. The number of anilines is 1. The molecule has 0 fully saturated rings. The summed E-state index contributed by atoms with van der Waals surface area (Å²) >= 11 is 1.15. The van der Waals surface area contributed by atoms with Gasteiger partial charge in [-0.15, -0.1) is 0 Å². The van der Waals surface area contributed by atoms with E-state index in [-0.39, 0.29) is 18.0 Å². The molecule has 2 heterocycles. The van der Waals surface area contributed by atoms with Crippen molar-refractivity contribution in [3.63, 3.8) is 0 Å². The molecular weight excluding hydrogens is 280 g/mol. The molecule has 2 aromatic rings. The fourth-order valence-corrected chi connectivity index (χ4v) is 2.05. The van der Waals surface area contributed by atoms with E-state index in [1.807, 2.05) is 20.8 Å². The molecule has 0 radical (unpaired) electrons. The number of aromatic nitrogens is 4. The number of urea groups is 1. The van der Waals surface area contributed by atoms with Gasteiger partial charge in [0.05, 0.1) is 6.54 Å². The molecule has 9 heteroatoms. The predicted molar refractivity (Wildman–Crippen MR) is 73.5 cm³/mol. The number of nitrogens with zero attached hydrogens (tertiary/aromatic N) is 4. The Kier molecular flexibility index (Phi) is 3.98. The Morgan fingerprint density at radius 2 is 2.10 bits per heavy atom. The van der Waals surface area contributed by atoms with Gasteiger partial charge in [0.15, 0.2) is 0 Å². The largest absolute Gasteiger partial charge is 0.332 e. The second-order valence-corrected chi connectivity index (χ2v) is 6.03. The SMILES string of the molecule is Cc1nonc1CNC(=O)Nc1nc(C(C)(C)C)ns1. The van der Waals surface area contributed by atoms with Crippen LogP contribution in [-0.4, -0.2) is 25.7 Å². The van der Waals surface area contributed by atoms with E-state index < -0.39 is 0 Å². The first kappa shape index (κ1) is 14.4. The van der Waals surface area contributed by atoms with Gasteiger partial charge in [-0.25, -0.2) is 14.4 Å². The highest BCUT2D eigenvalue weighted by Crippen LogP contribution is 2.22. The van der Waals surface area contributed by atoms with Crippen molar-refractivity contribution < 1.29 is 9.42 Å². The van der Waals surface area contributed by atoms with E-state index in [1.165, 1.54) is 0 Å². The lowest BCUT2D eigenvalue weighted by molar-refractivity contribution is 0.251. The molecule has 0 aromatic carbocycles. The number of nitrogens with one attached hydrogen (secondary N) is 2. The van der Waals surface area contributed by atoms with Gasteiger partial charge in [0.1, 0.15) is 17.2 Å². The van der Waals surface area contributed by atoms with Crippen molar-refractivity contribution in [3.8, 4) is 0 Å². The Bertz CT molecular complexity index is 600. The molecule has 0 atom stereocenters. The van der Waals surface area contributed by atoms with Crippen LogP contribution < -0.4 is 10.6 Å². The molecule has 2 aromatic heterocycles. The lowest BCUT2D eigenvalue weighted by Gasteiger charge is -2.12. The van der Waals surface area contributed by atoms with Gasteiger partial charge in [-0.1, -0.05) is 31.1 Å². The van der Waals surface area contributed by atoms with Gasteiger partial charge >= 0.3 is 6.03 Å². The number of amides is 2. The minimum absolute atomic E-state index is 0.142. The van der Waals surface area contributed by atoms with Crippen LogP contribution in [0.3, 0.4) is 0 Å². The molecule has 0 bridgehead atoms. The van der Waals surface area contributed by atoms with Crippen LogP contribution in [0.2, 0.25) is 0 Å². The summed E-state index contributed by atoms with van der Waals surface area (Å²) in [7, 11) is 0. The smallest absolute Gasteiger partial charge is 0.321 e. The van der Waals surface area contributed by atoms with E-state index in [1.54, 1.807) is 6.92 Å². The molecule has 20 heavy (non-hydrogen) atoms. The van der Waals surface area contributed by atoms with Crippen LogP contribution in [-0.2, 0) is 12.0 Å². The van der Waals surface area contributed by atoms with Gasteiger partial charge in [-0.3, -0.25) is 5.32 Å². The fourth-order valence-electron chi connectivity index (χ4n) is 1.29. The second-order valence-electron chi connectivity index (χ2n) is 5.28. The highest BCUT2D eigenvalue weighted by molar-refractivity contribution is 7.09. The molecule has 0 aliphatic carbocycles. The summed E-state index contributed by atoms with van der Waals surface area (Å²) in [5.41, 5.74) is 1.10. The summed E-state index contributed by atoms with van der Waals surface area (Å²) in [5.74, 6) is 0.703. The van der Waals surface area contributed by atoms with E-state index in [9.17, 15) is 4.79 Å². The zero-order valence-corrected chi connectivity index (χ0v) is 12.5. The van der Waals surface area contributed by atoms with Gasteiger partial charge < -0.3 is 5.32 Å². The summed E-state index contributed by atoms with van der Waals surface area (Å²) < 4.78 is 8.76. The van der Waals surface area contributed by atoms with Crippen molar-refractivity contribution in [2.45, 2.75) is 39.7 Å². The van der Waals surface area contributed by atoms with Crippen LogP contribution >= 0.6 is 11.5 Å². The predicted octanol–water partition coefficient (Wildman–Crippen LogP) is 1.85. The first-order chi connectivity index (χ1) is 9.36. The maximum absolute atomic E-state index is 11.7. The Balaban J connectivity index is 1.89. The normalized spacial score (nSPS) is 11.4. The quantitative estimate of drug-likeness (QED) is 0.895. The number of carbonyl (C=O) groups is 1. The second kappa shape index (κ2) is 5.53. The molecule has 2 rings (SSSR count). The summed E-state index contributed by atoms with van der Waals surface area (Å²) in [4.78, 5) is 16.0. The van der Waals surface area contributed by atoms with E-state index in [2.05, 4.69) is 34.9 Å². The first-order valence-electron chi connectivity index (χ1n) is 6.03. The third-order valence-electron chi connectivity index (χ3n) is 2.48. The third kappa shape index (κ3) is 3.50. The van der Waals surface area contributed by atoms with E-state index in [0.717, 1.165) is 11.5 Å². The minimum atomic E-state index is -0.371. The third-order valence-corrected chi connectivity index (χ3v) is 3.11. The van der Waals surface area contributed by atoms with Gasteiger partial charge in [-0.2, -0.15) is 4.37 Å². The lowest BCUT2D eigenvalue weighted by atomic mass is 9.96. The zero-order chi connectivity index (χ0) is 14.8. The molecular formula is C11H16N6O2S. The van der Waals surface area contributed by atoms with E-state index in [0.29, 0.717) is 22.3 Å². The number of carbonyl (C=O) groups excluding carboxylic acids is 1. The van der Waals surface area contributed by atoms with Crippen molar-refractivity contribution in [3.05, 3.63) is 17.2 Å². The summed E-state index contributed by atoms with van der Waals surface area (Å²) in [6.45, 7) is 8.04. The molecule has 0 spiro atoms. The molecule has 108 valence electrons. The Morgan fingerprint density at radius 3 is 2.65 bits per heavy atom. The number of rotatable bonds is 3. The van der Waals surface area contributed by atoms with Gasteiger partial charge in [0.25, 0.3) is 0 Å². The molecule has 8 nitrogen and oxygen atoms in total. The molecule has 0 unspecified atom stereocenters.